The quantitative estimate of drug-likeness (QED) is 0.0829. The molecule has 3 N–H and O–H groups in total. The van der Waals surface area contributed by atoms with Crippen molar-refractivity contribution in [3.8, 4) is 0 Å². The van der Waals surface area contributed by atoms with Crippen LogP contribution in [0, 0.1) is 8.99 Å². The molecule has 2 bridgehead atoms. The fraction of sp³-hybridized carbons (Fsp3) is 0.636. The van der Waals surface area contributed by atoms with Gasteiger partial charge in [-0.05, 0) is 98.0 Å². The lowest BCUT2D eigenvalue weighted by atomic mass is 9.62. The zero-order valence-corrected chi connectivity index (χ0v) is 36.6. The van der Waals surface area contributed by atoms with Crippen molar-refractivity contribution in [3.05, 3.63) is 68.8 Å². The third-order valence-corrected chi connectivity index (χ3v) is 12.3. The predicted octanol–water partition coefficient (Wildman–Crippen LogP) is 6.26. The van der Waals surface area contributed by atoms with Gasteiger partial charge < -0.3 is 34.7 Å². The SMILES string of the molecule is CCCCCC1(CCCCC)O[C@@H]2[C@H](O1)[C@H]1ON(Cc3ccc(I)cc3)[C@H]3C(=O)O[C@@H]2C[C@@]13C(=O)NCc1cccc(C(=O)N[C@H](CO)CCC(=O)OC(C)(C)C)c1. The largest absolute Gasteiger partial charge is 0.460 e. The Kier molecular flexibility index (Phi) is 14.6. The van der Waals surface area contributed by atoms with E-state index in [4.69, 9.17) is 23.8 Å². The number of aliphatic hydroxyl groups excluding tert-OH is 1. The number of halogens is 1. The Hall–Kier alpha value is -3.15. The van der Waals surface area contributed by atoms with Crippen molar-refractivity contribution in [1.82, 2.24) is 15.7 Å². The molecule has 0 radical (unpaired) electrons. The monoisotopic (exact) mass is 917 g/mol. The molecule has 0 unspecified atom stereocenters. The van der Waals surface area contributed by atoms with Crippen molar-refractivity contribution in [2.45, 2.75) is 166 Å². The predicted molar refractivity (Wildman–Crippen MR) is 223 cm³/mol. The number of rotatable bonds is 19. The molecule has 3 aliphatic heterocycles. The number of amides is 2. The van der Waals surface area contributed by atoms with Gasteiger partial charge in [0.1, 0.15) is 35.4 Å². The van der Waals surface area contributed by atoms with Gasteiger partial charge >= 0.3 is 11.9 Å². The Balaban J connectivity index is 1.22. The number of ether oxygens (including phenoxy) is 4. The maximum absolute atomic E-state index is 14.9. The average molecular weight is 918 g/mol. The molecule has 7 atom stereocenters. The molecule has 3 saturated heterocycles. The standard InChI is InChI=1S/C44H60IN3O10/c1-6-8-10-21-43(22-11-9-7-2)56-35-33-24-44(37(40(52)54-33)48(58-38(44)36(35)57-43)26-28-15-17-31(45)18-16-28)41(53)46-25-29-13-12-14-30(23-29)39(51)47-32(27-49)19-20-34(50)55-42(3,4)5/h12-18,23,32-33,35-38,49H,6-11,19-22,24-27H2,1-5H3,(H,46,53)(H,47,51)/t32-,33+,35-,36-,37-,38+,44-/m0/s1. The van der Waals surface area contributed by atoms with Gasteiger partial charge in [-0.25, -0.2) is 0 Å². The second-order valence-electron chi connectivity index (χ2n) is 17.2. The smallest absolute Gasteiger partial charge is 0.327 e. The van der Waals surface area contributed by atoms with Crippen LogP contribution in [-0.4, -0.2) is 88.4 Å². The molecule has 318 valence electrons. The molecule has 3 heterocycles. The Morgan fingerprint density at radius 1 is 0.983 bits per heavy atom. The van der Waals surface area contributed by atoms with Crippen molar-refractivity contribution < 1.29 is 48.1 Å². The van der Waals surface area contributed by atoms with Crippen molar-refractivity contribution >= 4 is 46.3 Å². The van der Waals surface area contributed by atoms with Crippen molar-refractivity contribution in [2.75, 3.05) is 6.61 Å². The minimum absolute atomic E-state index is 0.0380. The van der Waals surface area contributed by atoms with Crippen LogP contribution in [0.25, 0.3) is 0 Å². The summed E-state index contributed by atoms with van der Waals surface area (Å²) in [6.07, 6.45) is 5.14. The number of carbonyl (C=O) groups excluding carboxylic acids is 4. The average Bonchev–Trinajstić information content (AvgIpc) is 3.74. The van der Waals surface area contributed by atoms with E-state index in [2.05, 4.69) is 47.1 Å². The van der Waals surface area contributed by atoms with Gasteiger partial charge in [-0.3, -0.25) is 24.0 Å². The molecule has 2 amide bonds. The Labute approximate surface area is 355 Å². The number of fused-ring (bicyclic) bond motifs is 4. The molecular weight excluding hydrogens is 857 g/mol. The molecule has 0 spiro atoms. The second-order valence-corrected chi connectivity index (χ2v) is 18.4. The van der Waals surface area contributed by atoms with Crippen LogP contribution in [0.15, 0.2) is 48.5 Å². The maximum Gasteiger partial charge on any atom is 0.327 e. The number of esters is 2. The highest BCUT2D eigenvalue weighted by Gasteiger charge is 2.76. The lowest BCUT2D eigenvalue weighted by Crippen LogP contribution is -2.69. The third-order valence-electron chi connectivity index (χ3n) is 11.6. The van der Waals surface area contributed by atoms with E-state index in [9.17, 15) is 24.3 Å². The maximum atomic E-state index is 14.9. The van der Waals surface area contributed by atoms with Gasteiger partial charge in [-0.15, -0.1) is 0 Å². The minimum Gasteiger partial charge on any atom is -0.460 e. The summed E-state index contributed by atoms with van der Waals surface area (Å²) in [5, 5.41) is 17.5. The normalized spacial score (nSPS) is 26.4. The number of hydrogen-bond acceptors (Lipinski definition) is 11. The third kappa shape index (κ3) is 10.1. The number of carbonyl (C=O) groups is 4. The zero-order valence-electron chi connectivity index (χ0n) is 34.4. The van der Waals surface area contributed by atoms with Gasteiger partial charge in [0.05, 0.1) is 19.2 Å². The lowest BCUT2D eigenvalue weighted by Gasteiger charge is -2.48. The van der Waals surface area contributed by atoms with Gasteiger partial charge in [0.2, 0.25) is 5.91 Å². The molecule has 2 aromatic rings. The van der Waals surface area contributed by atoms with Crippen LogP contribution in [0.2, 0.25) is 0 Å². The topological polar surface area (TPSA) is 162 Å². The summed E-state index contributed by atoms with van der Waals surface area (Å²) in [6.45, 7) is 9.64. The summed E-state index contributed by atoms with van der Waals surface area (Å²) in [4.78, 5) is 61.3. The molecule has 4 aliphatic rings. The van der Waals surface area contributed by atoms with Crippen LogP contribution in [-0.2, 0) is 51.3 Å². The molecular formula is C44H60IN3O10. The Bertz CT molecular complexity index is 1760. The molecule has 6 rings (SSSR count). The van der Waals surface area contributed by atoms with E-state index in [1.54, 1.807) is 50.1 Å². The lowest BCUT2D eigenvalue weighted by molar-refractivity contribution is -0.224. The number of unbranched alkanes of at least 4 members (excludes halogenated alkanes) is 4. The highest BCUT2D eigenvalue weighted by Crippen LogP contribution is 2.58. The minimum atomic E-state index is -1.34. The molecule has 4 fully saturated rings. The van der Waals surface area contributed by atoms with E-state index in [-0.39, 0.29) is 44.9 Å². The van der Waals surface area contributed by atoms with Crippen LogP contribution in [0.1, 0.15) is 127 Å². The van der Waals surface area contributed by atoms with Crippen LogP contribution in [0.4, 0.5) is 0 Å². The van der Waals surface area contributed by atoms with Crippen LogP contribution < -0.4 is 10.6 Å². The molecule has 1 aliphatic carbocycles. The Morgan fingerprint density at radius 2 is 1.67 bits per heavy atom. The number of benzene rings is 2. The zero-order chi connectivity index (χ0) is 41.7. The van der Waals surface area contributed by atoms with E-state index in [0.717, 1.165) is 47.7 Å². The number of nitrogens with zero attached hydrogens (tertiary/aromatic N) is 1. The van der Waals surface area contributed by atoms with Crippen molar-refractivity contribution in [2.24, 2.45) is 5.41 Å². The number of aliphatic hydroxyl groups is 1. The first-order valence-electron chi connectivity index (χ1n) is 21.0. The summed E-state index contributed by atoms with van der Waals surface area (Å²) in [5.41, 5.74) is -0.0692. The molecule has 58 heavy (non-hydrogen) atoms. The summed E-state index contributed by atoms with van der Waals surface area (Å²) < 4.78 is 26.5. The van der Waals surface area contributed by atoms with Crippen molar-refractivity contribution in [3.63, 3.8) is 0 Å². The van der Waals surface area contributed by atoms with Crippen molar-refractivity contribution in [1.29, 1.82) is 0 Å². The van der Waals surface area contributed by atoms with Gasteiger partial charge in [0.25, 0.3) is 5.91 Å². The second kappa shape index (κ2) is 19.1. The van der Waals surface area contributed by atoms with E-state index in [0.29, 0.717) is 24.0 Å². The Morgan fingerprint density at radius 3 is 2.33 bits per heavy atom. The van der Waals surface area contributed by atoms with Gasteiger partial charge in [0.15, 0.2) is 11.8 Å². The first-order chi connectivity index (χ1) is 27.7. The highest BCUT2D eigenvalue weighted by molar-refractivity contribution is 14.1. The summed E-state index contributed by atoms with van der Waals surface area (Å²) in [5.74, 6) is -2.59. The first kappa shape index (κ1) is 44.4. The van der Waals surface area contributed by atoms with Gasteiger partial charge in [-0.2, -0.15) is 5.06 Å². The highest BCUT2D eigenvalue weighted by atomic mass is 127. The van der Waals surface area contributed by atoms with Crippen LogP contribution in [0.5, 0.6) is 0 Å². The molecule has 1 saturated carbocycles. The van der Waals surface area contributed by atoms with Gasteiger partial charge in [-0.1, -0.05) is 63.8 Å². The number of hydrogen-bond donors (Lipinski definition) is 3. The summed E-state index contributed by atoms with van der Waals surface area (Å²) >= 11 is 2.25. The van der Waals surface area contributed by atoms with E-state index < -0.39 is 71.1 Å². The van der Waals surface area contributed by atoms with Crippen LogP contribution >= 0.6 is 22.6 Å². The number of hydroxylamine groups is 2. The summed E-state index contributed by atoms with van der Waals surface area (Å²) in [6, 6.07) is 13.1. The first-order valence-corrected chi connectivity index (χ1v) is 22.0. The number of nitrogens with one attached hydrogen (secondary N) is 2. The van der Waals surface area contributed by atoms with Crippen LogP contribution in [0.3, 0.4) is 0 Å². The van der Waals surface area contributed by atoms with E-state index in [1.165, 1.54) is 0 Å². The van der Waals surface area contributed by atoms with E-state index >= 15 is 0 Å². The molecule has 0 aromatic heterocycles. The van der Waals surface area contributed by atoms with Gasteiger partial charge in [0, 0.05) is 41.4 Å². The fourth-order valence-electron chi connectivity index (χ4n) is 8.80. The molecule has 2 aromatic carbocycles. The fourth-order valence-corrected chi connectivity index (χ4v) is 9.16. The summed E-state index contributed by atoms with van der Waals surface area (Å²) in [7, 11) is 0. The van der Waals surface area contributed by atoms with E-state index in [1.807, 2.05) is 24.3 Å². The molecule has 14 heteroatoms. The molecule has 13 nitrogen and oxygen atoms in total.